The molecule has 1 heterocycles. The van der Waals surface area contributed by atoms with Crippen molar-refractivity contribution in [2.24, 2.45) is 0 Å². The molecule has 2 heteroatoms. The lowest BCUT2D eigenvalue weighted by Crippen LogP contribution is -2.20. The molecule has 1 aromatic rings. The van der Waals surface area contributed by atoms with Crippen molar-refractivity contribution in [2.45, 2.75) is 19.1 Å². The Morgan fingerprint density at radius 1 is 1.36 bits per heavy atom. The van der Waals surface area contributed by atoms with E-state index in [1.54, 1.807) is 0 Å². The van der Waals surface area contributed by atoms with Gasteiger partial charge >= 0.3 is 0 Å². The summed E-state index contributed by atoms with van der Waals surface area (Å²) in [7, 11) is 0. The molecule has 1 aromatic carbocycles. The largest absolute Gasteiger partial charge is 0.462 e. The normalized spacial score (nSPS) is 22.1. The van der Waals surface area contributed by atoms with Crippen molar-refractivity contribution in [3.8, 4) is 5.75 Å². The van der Waals surface area contributed by atoms with Crippen LogP contribution in [0.15, 0.2) is 24.3 Å². The van der Waals surface area contributed by atoms with E-state index >= 15 is 0 Å². The fourth-order valence-electron chi connectivity index (χ4n) is 1.30. The molecule has 1 unspecified atom stereocenters. The molecule has 2 rings (SSSR count). The molecular weight excluding hydrogens is 140 g/mol. The molecule has 1 aliphatic rings. The molecule has 0 aliphatic carbocycles. The van der Waals surface area contributed by atoms with E-state index in [-0.39, 0.29) is 0 Å². The fourth-order valence-corrected chi connectivity index (χ4v) is 1.30. The van der Waals surface area contributed by atoms with Crippen molar-refractivity contribution >= 4 is 0 Å². The zero-order chi connectivity index (χ0) is 7.68. The summed E-state index contributed by atoms with van der Waals surface area (Å²) in [5, 5.41) is 10.9. The minimum Gasteiger partial charge on any atom is -0.462 e. The Morgan fingerprint density at radius 3 is 3.09 bits per heavy atom. The lowest BCUT2D eigenvalue weighted by molar-refractivity contribution is -0.0825. The van der Waals surface area contributed by atoms with Crippen molar-refractivity contribution in [1.82, 2.24) is 0 Å². The van der Waals surface area contributed by atoms with Crippen LogP contribution in [-0.4, -0.2) is 6.29 Å². The summed E-state index contributed by atoms with van der Waals surface area (Å²) in [5.74, 6) is 0.763. The highest BCUT2D eigenvalue weighted by molar-refractivity contribution is 5.34. The van der Waals surface area contributed by atoms with E-state index in [4.69, 9.17) is 4.74 Å². The summed E-state index contributed by atoms with van der Waals surface area (Å²) < 4.78 is 5.08. The first-order chi connectivity index (χ1) is 5.36. The van der Waals surface area contributed by atoms with E-state index < -0.39 is 6.29 Å². The lowest BCUT2D eigenvalue weighted by atomic mass is 10.1. The average molecular weight is 149 g/mol. The van der Waals surface area contributed by atoms with Crippen molar-refractivity contribution in [3.63, 3.8) is 0 Å². The molecule has 57 valence electrons. The first-order valence-corrected chi connectivity index (χ1v) is 3.76. The second-order valence-electron chi connectivity index (χ2n) is 2.69. The Balaban J connectivity index is 2.34. The van der Waals surface area contributed by atoms with Gasteiger partial charge in [0.2, 0.25) is 6.29 Å². The second kappa shape index (κ2) is 2.55. The van der Waals surface area contributed by atoms with Crippen LogP contribution in [0.25, 0.3) is 0 Å². The van der Waals surface area contributed by atoms with Crippen LogP contribution >= 0.6 is 0 Å². The first kappa shape index (κ1) is 6.68. The molecule has 0 saturated heterocycles. The van der Waals surface area contributed by atoms with Gasteiger partial charge in [-0.2, -0.15) is 5.11 Å². The van der Waals surface area contributed by atoms with Crippen molar-refractivity contribution in [1.29, 1.82) is 0 Å². The molecule has 2 nitrogen and oxygen atoms in total. The zero-order valence-corrected chi connectivity index (χ0v) is 6.12. The van der Waals surface area contributed by atoms with Crippen LogP contribution < -0.4 is 4.74 Å². The number of aryl methyl sites for hydroxylation is 1. The van der Waals surface area contributed by atoms with E-state index in [1.807, 2.05) is 24.3 Å². The van der Waals surface area contributed by atoms with E-state index in [0.29, 0.717) is 6.42 Å². The summed E-state index contributed by atoms with van der Waals surface area (Å²) >= 11 is 0. The molecular formula is C9H9O2. The molecule has 1 aliphatic heterocycles. The molecule has 1 atom stereocenters. The summed E-state index contributed by atoms with van der Waals surface area (Å²) in [4.78, 5) is 0. The minimum absolute atomic E-state index is 0.594. The van der Waals surface area contributed by atoms with Crippen LogP contribution in [0.4, 0.5) is 0 Å². The number of benzene rings is 1. The smallest absolute Gasteiger partial charge is 0.231 e. The third-order valence-electron chi connectivity index (χ3n) is 1.88. The van der Waals surface area contributed by atoms with Gasteiger partial charge < -0.3 is 4.74 Å². The maximum Gasteiger partial charge on any atom is 0.231 e. The SMILES string of the molecule is [O]C1CCc2ccccc2O1. The predicted octanol–water partition coefficient (Wildman–Crippen LogP) is 1.77. The summed E-state index contributed by atoms with van der Waals surface area (Å²) in [6, 6.07) is 7.70. The molecule has 0 saturated carbocycles. The van der Waals surface area contributed by atoms with E-state index in [9.17, 15) is 5.11 Å². The van der Waals surface area contributed by atoms with Gasteiger partial charge in [-0.05, 0) is 18.1 Å². The van der Waals surface area contributed by atoms with Crippen molar-refractivity contribution < 1.29 is 9.84 Å². The first-order valence-electron chi connectivity index (χ1n) is 3.76. The highest BCUT2D eigenvalue weighted by Gasteiger charge is 2.16. The van der Waals surface area contributed by atoms with Crippen LogP contribution in [0, 0.1) is 0 Å². The van der Waals surface area contributed by atoms with Crippen LogP contribution in [-0.2, 0) is 11.5 Å². The molecule has 0 aromatic heterocycles. The number of rotatable bonds is 0. The van der Waals surface area contributed by atoms with Gasteiger partial charge in [0.15, 0.2) is 0 Å². The number of hydrogen-bond acceptors (Lipinski definition) is 1. The average Bonchev–Trinajstić information content (AvgIpc) is 2.04. The second-order valence-corrected chi connectivity index (χ2v) is 2.69. The quantitative estimate of drug-likeness (QED) is 0.552. The summed E-state index contributed by atoms with van der Waals surface area (Å²) in [6.45, 7) is 0. The number of hydrogen-bond donors (Lipinski definition) is 0. The Hall–Kier alpha value is -1.02. The van der Waals surface area contributed by atoms with Crippen molar-refractivity contribution in [3.05, 3.63) is 29.8 Å². The van der Waals surface area contributed by atoms with Gasteiger partial charge in [-0.15, -0.1) is 0 Å². The molecule has 0 amide bonds. The van der Waals surface area contributed by atoms with Crippen LogP contribution in [0.2, 0.25) is 0 Å². The van der Waals surface area contributed by atoms with E-state index in [0.717, 1.165) is 17.7 Å². The van der Waals surface area contributed by atoms with Crippen molar-refractivity contribution in [2.75, 3.05) is 0 Å². The summed E-state index contributed by atoms with van der Waals surface area (Å²) in [5.41, 5.74) is 1.15. The van der Waals surface area contributed by atoms with Gasteiger partial charge in [-0.3, -0.25) is 0 Å². The number of ether oxygens (including phenoxy) is 1. The number of fused-ring (bicyclic) bond motifs is 1. The Labute approximate surface area is 65.4 Å². The van der Waals surface area contributed by atoms with Gasteiger partial charge in [-0.25, -0.2) is 0 Å². The Morgan fingerprint density at radius 2 is 2.18 bits per heavy atom. The monoisotopic (exact) mass is 149 g/mol. The Kier molecular flexibility index (Phi) is 1.55. The van der Waals surface area contributed by atoms with Gasteiger partial charge in [0.05, 0.1) is 0 Å². The number of para-hydroxylation sites is 1. The van der Waals surface area contributed by atoms with Crippen LogP contribution in [0.5, 0.6) is 5.75 Å². The van der Waals surface area contributed by atoms with Crippen LogP contribution in [0.3, 0.4) is 0 Å². The predicted molar refractivity (Wildman–Crippen MR) is 39.9 cm³/mol. The standard InChI is InChI=1S/C9H9O2/c10-9-6-5-7-3-1-2-4-8(7)11-9/h1-4,9H,5-6H2. The lowest BCUT2D eigenvalue weighted by Gasteiger charge is -2.19. The fraction of sp³-hybridized carbons (Fsp3) is 0.333. The minimum atomic E-state index is -0.857. The maximum absolute atomic E-state index is 10.9. The molecule has 0 bridgehead atoms. The highest BCUT2D eigenvalue weighted by atomic mass is 16.6. The highest BCUT2D eigenvalue weighted by Crippen LogP contribution is 2.25. The molecule has 0 N–H and O–H groups in total. The Bertz CT molecular complexity index is 257. The van der Waals surface area contributed by atoms with Gasteiger partial charge in [0.25, 0.3) is 0 Å². The van der Waals surface area contributed by atoms with E-state index in [2.05, 4.69) is 0 Å². The zero-order valence-electron chi connectivity index (χ0n) is 6.12. The topological polar surface area (TPSA) is 29.1 Å². The third kappa shape index (κ3) is 1.21. The molecule has 0 fully saturated rings. The molecule has 1 radical (unpaired) electrons. The third-order valence-corrected chi connectivity index (χ3v) is 1.88. The van der Waals surface area contributed by atoms with E-state index in [1.165, 1.54) is 0 Å². The van der Waals surface area contributed by atoms with Crippen LogP contribution in [0.1, 0.15) is 12.0 Å². The maximum atomic E-state index is 10.9. The van der Waals surface area contributed by atoms with Gasteiger partial charge in [0.1, 0.15) is 5.75 Å². The molecule has 0 spiro atoms. The van der Waals surface area contributed by atoms with Gasteiger partial charge in [0, 0.05) is 6.42 Å². The van der Waals surface area contributed by atoms with Gasteiger partial charge in [-0.1, -0.05) is 18.2 Å². The molecule has 11 heavy (non-hydrogen) atoms. The summed E-state index contributed by atoms with van der Waals surface area (Å²) in [6.07, 6.45) is 0.589.